The second kappa shape index (κ2) is 11.8. The minimum Gasteiger partial charge on any atom is -0.496 e. The lowest BCUT2D eigenvalue weighted by atomic mass is 9.93. The molecule has 0 saturated heterocycles. The summed E-state index contributed by atoms with van der Waals surface area (Å²) in [7, 11) is 1.54. The van der Waals surface area contributed by atoms with Crippen LogP contribution < -0.4 is 14.8 Å². The molecule has 0 bridgehead atoms. The number of nitrogens with one attached hydrogen (secondary N) is 1. The van der Waals surface area contributed by atoms with Crippen LogP contribution in [0.2, 0.25) is 0 Å². The summed E-state index contributed by atoms with van der Waals surface area (Å²) >= 11 is 0. The lowest BCUT2D eigenvalue weighted by Crippen LogP contribution is -2.17. The maximum atomic E-state index is 13.0. The van der Waals surface area contributed by atoms with Crippen LogP contribution in [-0.2, 0) is 22.4 Å². The highest BCUT2D eigenvalue weighted by molar-refractivity contribution is 5.92. The van der Waals surface area contributed by atoms with Crippen molar-refractivity contribution in [2.24, 2.45) is 5.92 Å². The summed E-state index contributed by atoms with van der Waals surface area (Å²) in [4.78, 5) is 24.2. The van der Waals surface area contributed by atoms with E-state index in [9.17, 15) is 19.1 Å². The van der Waals surface area contributed by atoms with Crippen molar-refractivity contribution in [3.05, 3.63) is 83.7 Å². The van der Waals surface area contributed by atoms with Crippen LogP contribution in [0.3, 0.4) is 0 Å². The number of hydrogen-bond donors (Lipinski definition) is 2. The first-order valence-corrected chi connectivity index (χ1v) is 11.1. The number of hydrogen-bond acceptors (Lipinski definition) is 4. The van der Waals surface area contributed by atoms with Gasteiger partial charge >= 0.3 is 5.97 Å². The van der Waals surface area contributed by atoms with Gasteiger partial charge in [0.15, 0.2) is 0 Å². The normalized spacial score (nSPS) is 11.5. The molecule has 7 heteroatoms. The summed E-state index contributed by atoms with van der Waals surface area (Å²) in [5.41, 5.74) is 2.14. The van der Waals surface area contributed by atoms with Crippen LogP contribution in [0.5, 0.6) is 17.2 Å². The molecule has 1 unspecified atom stereocenters. The molecule has 34 heavy (non-hydrogen) atoms. The van der Waals surface area contributed by atoms with Crippen molar-refractivity contribution in [2.45, 2.75) is 32.6 Å². The lowest BCUT2D eigenvalue weighted by Gasteiger charge is -2.14. The molecule has 3 aromatic carbocycles. The number of amides is 1. The fourth-order valence-corrected chi connectivity index (χ4v) is 3.67. The van der Waals surface area contributed by atoms with Crippen LogP contribution in [0.1, 0.15) is 30.9 Å². The molecule has 178 valence electrons. The van der Waals surface area contributed by atoms with Gasteiger partial charge in [-0.3, -0.25) is 9.59 Å². The monoisotopic (exact) mass is 465 g/mol. The van der Waals surface area contributed by atoms with Crippen LogP contribution in [0.15, 0.2) is 66.7 Å². The van der Waals surface area contributed by atoms with Gasteiger partial charge in [0.2, 0.25) is 5.91 Å². The van der Waals surface area contributed by atoms with E-state index in [4.69, 9.17) is 9.47 Å². The zero-order chi connectivity index (χ0) is 24.5. The largest absolute Gasteiger partial charge is 0.496 e. The third-order valence-electron chi connectivity index (χ3n) is 5.35. The first-order chi connectivity index (χ1) is 16.4. The SMILES string of the molecule is CCCC(Cc1ccc(OC)c(CC(=O)Nc2ccc(Oc3ccc(F)cc3)cc2)c1)C(=O)O. The van der Waals surface area contributed by atoms with Crippen molar-refractivity contribution in [3.8, 4) is 17.2 Å². The molecule has 3 aromatic rings. The Morgan fingerprint density at radius 3 is 2.24 bits per heavy atom. The zero-order valence-corrected chi connectivity index (χ0v) is 19.2. The number of carboxylic acid groups (broad SMARTS) is 1. The van der Waals surface area contributed by atoms with Crippen molar-refractivity contribution < 1.29 is 28.6 Å². The summed E-state index contributed by atoms with van der Waals surface area (Å²) < 4.78 is 24.1. The molecule has 1 atom stereocenters. The molecule has 0 spiro atoms. The predicted octanol–water partition coefficient (Wildman–Crippen LogP) is 5.85. The van der Waals surface area contributed by atoms with Gasteiger partial charge in [-0.15, -0.1) is 0 Å². The maximum Gasteiger partial charge on any atom is 0.306 e. The van der Waals surface area contributed by atoms with Crippen molar-refractivity contribution in [1.29, 1.82) is 0 Å². The lowest BCUT2D eigenvalue weighted by molar-refractivity contribution is -0.142. The Bertz CT molecular complexity index is 1110. The summed E-state index contributed by atoms with van der Waals surface area (Å²) in [6.07, 6.45) is 1.86. The van der Waals surface area contributed by atoms with E-state index < -0.39 is 11.9 Å². The standard InChI is InChI=1S/C27H28FNO5/c1-3-4-19(27(31)32)15-18-5-14-25(33-2)20(16-18)17-26(30)29-22-8-12-24(13-9-22)34-23-10-6-21(28)7-11-23/h5-14,16,19H,3-4,15,17H2,1-2H3,(H,29,30)(H,31,32). The first-order valence-electron chi connectivity index (χ1n) is 11.1. The third kappa shape index (κ3) is 7.07. The topological polar surface area (TPSA) is 84.9 Å². The fourth-order valence-electron chi connectivity index (χ4n) is 3.67. The smallest absolute Gasteiger partial charge is 0.306 e. The van der Waals surface area contributed by atoms with Crippen molar-refractivity contribution in [3.63, 3.8) is 0 Å². The van der Waals surface area contributed by atoms with E-state index in [1.165, 1.54) is 31.4 Å². The number of aliphatic carboxylic acids is 1. The molecule has 2 N–H and O–H groups in total. The molecule has 0 aliphatic heterocycles. The van der Waals surface area contributed by atoms with E-state index >= 15 is 0 Å². The quantitative estimate of drug-likeness (QED) is 0.371. The highest BCUT2D eigenvalue weighted by Crippen LogP contribution is 2.25. The Hall–Kier alpha value is -3.87. The van der Waals surface area contributed by atoms with E-state index in [0.29, 0.717) is 41.3 Å². The third-order valence-corrected chi connectivity index (χ3v) is 5.35. The summed E-state index contributed by atoms with van der Waals surface area (Å²) in [6.45, 7) is 1.96. The van der Waals surface area contributed by atoms with E-state index in [-0.39, 0.29) is 18.1 Å². The second-order valence-electron chi connectivity index (χ2n) is 7.98. The van der Waals surface area contributed by atoms with Gasteiger partial charge in [0.25, 0.3) is 0 Å². The van der Waals surface area contributed by atoms with Crippen LogP contribution in [0, 0.1) is 11.7 Å². The number of carboxylic acids is 1. The Morgan fingerprint density at radius 2 is 1.65 bits per heavy atom. The number of ether oxygens (including phenoxy) is 2. The van der Waals surface area contributed by atoms with Gasteiger partial charge in [0, 0.05) is 11.3 Å². The highest BCUT2D eigenvalue weighted by atomic mass is 19.1. The number of benzene rings is 3. The molecule has 0 fully saturated rings. The number of methoxy groups -OCH3 is 1. The van der Waals surface area contributed by atoms with Crippen LogP contribution in [-0.4, -0.2) is 24.1 Å². The molecule has 0 heterocycles. The second-order valence-corrected chi connectivity index (χ2v) is 7.98. The van der Waals surface area contributed by atoms with E-state index in [1.807, 2.05) is 19.1 Å². The summed E-state index contributed by atoms with van der Waals surface area (Å²) in [5, 5.41) is 12.3. The van der Waals surface area contributed by atoms with Gasteiger partial charge in [-0.05, 0) is 73.0 Å². The Labute approximate surface area is 198 Å². The minimum absolute atomic E-state index is 0.0797. The molecular formula is C27H28FNO5. The fraction of sp³-hybridized carbons (Fsp3) is 0.259. The number of carbonyl (C=O) groups is 2. The summed E-state index contributed by atoms with van der Waals surface area (Å²) in [6, 6.07) is 18.0. The molecule has 1 amide bonds. The average Bonchev–Trinajstić information content (AvgIpc) is 2.81. The molecule has 0 aliphatic carbocycles. The predicted molar refractivity (Wildman–Crippen MR) is 128 cm³/mol. The highest BCUT2D eigenvalue weighted by Gasteiger charge is 2.18. The molecular weight excluding hydrogens is 437 g/mol. The molecule has 0 saturated carbocycles. The molecule has 3 rings (SSSR count). The average molecular weight is 466 g/mol. The molecule has 0 aromatic heterocycles. The first kappa shape index (κ1) is 24.8. The van der Waals surface area contributed by atoms with Gasteiger partial charge in [0.1, 0.15) is 23.1 Å². The van der Waals surface area contributed by atoms with Crippen LogP contribution in [0.25, 0.3) is 0 Å². The molecule has 0 aliphatic rings. The minimum atomic E-state index is -0.816. The number of carbonyl (C=O) groups excluding carboxylic acids is 1. The summed E-state index contributed by atoms with van der Waals surface area (Å²) in [5.74, 6) is -0.210. The van der Waals surface area contributed by atoms with Gasteiger partial charge in [-0.25, -0.2) is 4.39 Å². The van der Waals surface area contributed by atoms with Crippen LogP contribution in [0.4, 0.5) is 10.1 Å². The van der Waals surface area contributed by atoms with E-state index in [2.05, 4.69) is 5.32 Å². The number of rotatable bonds is 11. The van der Waals surface area contributed by atoms with E-state index in [0.717, 1.165) is 12.0 Å². The van der Waals surface area contributed by atoms with Crippen LogP contribution >= 0.6 is 0 Å². The van der Waals surface area contributed by atoms with Gasteiger partial charge in [0.05, 0.1) is 19.4 Å². The van der Waals surface area contributed by atoms with E-state index in [1.54, 1.807) is 30.3 Å². The van der Waals surface area contributed by atoms with Gasteiger partial charge in [-0.2, -0.15) is 0 Å². The maximum absolute atomic E-state index is 13.0. The molecule has 6 nitrogen and oxygen atoms in total. The van der Waals surface area contributed by atoms with Crippen molar-refractivity contribution >= 4 is 17.6 Å². The van der Waals surface area contributed by atoms with Crippen molar-refractivity contribution in [1.82, 2.24) is 0 Å². The number of halogens is 1. The number of anilines is 1. The van der Waals surface area contributed by atoms with Crippen molar-refractivity contribution in [2.75, 3.05) is 12.4 Å². The Morgan fingerprint density at radius 1 is 1.00 bits per heavy atom. The Kier molecular flexibility index (Phi) is 8.62. The zero-order valence-electron chi connectivity index (χ0n) is 19.2. The molecule has 0 radical (unpaired) electrons. The van der Waals surface area contributed by atoms with Gasteiger partial charge in [-0.1, -0.05) is 25.5 Å². The van der Waals surface area contributed by atoms with Gasteiger partial charge < -0.3 is 19.9 Å². The Balaban J connectivity index is 1.64.